The van der Waals surface area contributed by atoms with Crippen LogP contribution in [0, 0.1) is 11.3 Å². The van der Waals surface area contributed by atoms with Crippen molar-refractivity contribution in [2.24, 2.45) is 0 Å². The molecule has 2 aromatic rings. The van der Waals surface area contributed by atoms with Crippen molar-refractivity contribution in [3.8, 4) is 6.07 Å². The standard InChI is InChI=1S/C30H31N3O2/c1-18(2)23-13-24-25(14-27(23)33-9-7-32(8-10-33)21-16-35-17-21)30(3,4)26-12-20-11-19(15-31)5-6-22(20)28(26)29(24)34/h5-6,11,13-14,21H,1,7-10,12,16-17H2,2-4H3. The number of ketones is 1. The maximum atomic E-state index is 13.9. The first-order chi connectivity index (χ1) is 16.8. The second-order valence-electron chi connectivity index (χ2n) is 10.9. The largest absolute Gasteiger partial charge is 0.378 e. The first-order valence-electron chi connectivity index (χ1n) is 12.5. The summed E-state index contributed by atoms with van der Waals surface area (Å²) in [5.74, 6) is 0.0987. The summed E-state index contributed by atoms with van der Waals surface area (Å²) in [6, 6.07) is 12.9. The van der Waals surface area contributed by atoms with Gasteiger partial charge in [0, 0.05) is 54.0 Å². The summed E-state index contributed by atoms with van der Waals surface area (Å²) in [7, 11) is 0. The van der Waals surface area contributed by atoms with E-state index in [0.717, 1.165) is 84.8 Å². The minimum Gasteiger partial charge on any atom is -0.378 e. The van der Waals surface area contributed by atoms with Gasteiger partial charge in [-0.05, 0) is 65.4 Å². The van der Waals surface area contributed by atoms with Crippen molar-refractivity contribution >= 4 is 22.6 Å². The summed E-state index contributed by atoms with van der Waals surface area (Å²) >= 11 is 0. The lowest BCUT2D eigenvalue weighted by atomic mass is 9.67. The molecular weight excluding hydrogens is 434 g/mol. The van der Waals surface area contributed by atoms with Gasteiger partial charge in [-0.2, -0.15) is 5.26 Å². The molecule has 2 heterocycles. The molecule has 0 amide bonds. The van der Waals surface area contributed by atoms with Gasteiger partial charge in [0.25, 0.3) is 0 Å². The first-order valence-corrected chi connectivity index (χ1v) is 12.5. The minimum absolute atomic E-state index is 0.0987. The molecule has 0 unspecified atom stereocenters. The number of nitriles is 1. The van der Waals surface area contributed by atoms with Crippen LogP contribution >= 0.6 is 0 Å². The lowest BCUT2D eigenvalue weighted by molar-refractivity contribution is -0.0660. The molecule has 0 bridgehead atoms. The molecule has 0 aromatic heterocycles. The molecule has 0 atom stereocenters. The Hall–Kier alpha value is -3.20. The second kappa shape index (κ2) is 7.91. The predicted molar refractivity (Wildman–Crippen MR) is 139 cm³/mol. The van der Waals surface area contributed by atoms with E-state index in [1.807, 2.05) is 25.1 Å². The molecule has 2 saturated heterocycles. The Bertz CT molecular complexity index is 1350. The Morgan fingerprint density at radius 1 is 1.11 bits per heavy atom. The van der Waals surface area contributed by atoms with E-state index in [4.69, 9.17) is 4.74 Å². The number of piperazine rings is 1. The van der Waals surface area contributed by atoms with Gasteiger partial charge in [0.15, 0.2) is 5.78 Å². The van der Waals surface area contributed by atoms with E-state index >= 15 is 0 Å². The fraction of sp³-hybridized carbons (Fsp3) is 0.400. The molecule has 2 fully saturated rings. The zero-order chi connectivity index (χ0) is 24.5. The van der Waals surface area contributed by atoms with Crippen LogP contribution in [0.15, 0.2) is 42.5 Å². The summed E-state index contributed by atoms with van der Waals surface area (Å²) in [5, 5.41) is 9.37. The van der Waals surface area contributed by atoms with E-state index in [2.05, 4.69) is 48.4 Å². The van der Waals surface area contributed by atoms with Crippen molar-refractivity contribution in [3.05, 3.63) is 75.9 Å². The fourth-order valence-electron chi connectivity index (χ4n) is 6.24. The number of fused-ring (bicyclic) bond motifs is 3. The van der Waals surface area contributed by atoms with Gasteiger partial charge >= 0.3 is 0 Å². The molecule has 0 saturated carbocycles. The molecule has 0 radical (unpaired) electrons. The maximum absolute atomic E-state index is 13.9. The average molecular weight is 466 g/mol. The number of benzene rings is 2. The third-order valence-corrected chi connectivity index (χ3v) is 8.46. The Labute approximate surface area is 207 Å². The number of nitrogens with zero attached hydrogens (tertiary/aromatic N) is 3. The van der Waals surface area contributed by atoms with Crippen LogP contribution in [-0.2, 0) is 16.6 Å². The molecule has 5 nitrogen and oxygen atoms in total. The van der Waals surface area contributed by atoms with Crippen molar-refractivity contribution in [2.75, 3.05) is 44.3 Å². The third-order valence-electron chi connectivity index (χ3n) is 8.46. The van der Waals surface area contributed by atoms with Crippen LogP contribution in [0.1, 0.15) is 58.9 Å². The van der Waals surface area contributed by atoms with Gasteiger partial charge in [0.2, 0.25) is 0 Å². The molecule has 0 spiro atoms. The molecule has 5 heteroatoms. The number of hydrogen-bond acceptors (Lipinski definition) is 5. The highest BCUT2D eigenvalue weighted by molar-refractivity contribution is 6.33. The van der Waals surface area contributed by atoms with E-state index in [9.17, 15) is 10.1 Å². The van der Waals surface area contributed by atoms with Crippen LogP contribution in [-0.4, -0.2) is 56.1 Å². The number of anilines is 1. The van der Waals surface area contributed by atoms with Gasteiger partial charge in [0.05, 0.1) is 30.9 Å². The lowest BCUT2D eigenvalue weighted by Crippen LogP contribution is -2.56. The molecule has 178 valence electrons. The maximum Gasteiger partial charge on any atom is 0.193 e. The Morgan fingerprint density at radius 2 is 1.86 bits per heavy atom. The molecule has 6 rings (SSSR count). The van der Waals surface area contributed by atoms with Crippen molar-refractivity contribution < 1.29 is 9.53 Å². The molecule has 2 aliphatic carbocycles. The highest BCUT2D eigenvalue weighted by Crippen LogP contribution is 2.51. The number of carbonyl (C=O) groups is 1. The van der Waals surface area contributed by atoms with E-state index in [1.54, 1.807) is 0 Å². The Balaban J connectivity index is 1.41. The van der Waals surface area contributed by atoms with E-state index in [1.165, 1.54) is 11.3 Å². The number of hydrogen-bond donors (Lipinski definition) is 0. The van der Waals surface area contributed by atoms with Crippen LogP contribution in [0.25, 0.3) is 11.1 Å². The number of carbonyl (C=O) groups excluding carboxylic acids is 1. The predicted octanol–water partition coefficient (Wildman–Crippen LogP) is 4.60. The Kier molecular flexibility index (Phi) is 5.03. The van der Waals surface area contributed by atoms with Crippen LogP contribution in [0.4, 0.5) is 5.69 Å². The monoisotopic (exact) mass is 465 g/mol. The number of Topliss-reactive ketones (excluding diaryl/α,β-unsaturated/α-hetero) is 1. The lowest BCUT2D eigenvalue weighted by Gasteiger charge is -2.44. The summed E-state index contributed by atoms with van der Waals surface area (Å²) in [5.41, 5.74) is 9.56. The molecule has 4 aliphatic rings. The van der Waals surface area contributed by atoms with E-state index < -0.39 is 0 Å². The van der Waals surface area contributed by atoms with Gasteiger partial charge in [-0.3, -0.25) is 9.69 Å². The van der Waals surface area contributed by atoms with Crippen molar-refractivity contribution in [1.29, 1.82) is 5.26 Å². The molecule has 0 N–H and O–H groups in total. The highest BCUT2D eigenvalue weighted by Gasteiger charge is 2.43. The first kappa shape index (κ1) is 22.3. The van der Waals surface area contributed by atoms with Crippen LogP contribution in [0.3, 0.4) is 0 Å². The normalized spacial score (nSPS) is 21.2. The van der Waals surface area contributed by atoms with Crippen molar-refractivity contribution in [3.63, 3.8) is 0 Å². The summed E-state index contributed by atoms with van der Waals surface area (Å²) < 4.78 is 5.40. The fourth-order valence-corrected chi connectivity index (χ4v) is 6.24. The van der Waals surface area contributed by atoms with Gasteiger partial charge in [-0.25, -0.2) is 0 Å². The number of allylic oxidation sites excluding steroid dienone is 3. The summed E-state index contributed by atoms with van der Waals surface area (Å²) in [6.07, 6.45) is 0.720. The molecule has 2 aliphatic heterocycles. The Morgan fingerprint density at radius 3 is 2.49 bits per heavy atom. The second-order valence-corrected chi connectivity index (χ2v) is 10.9. The van der Waals surface area contributed by atoms with Crippen molar-refractivity contribution in [1.82, 2.24) is 4.90 Å². The number of rotatable bonds is 3. The van der Waals surface area contributed by atoms with Gasteiger partial charge < -0.3 is 9.64 Å². The van der Waals surface area contributed by atoms with Crippen LogP contribution in [0.2, 0.25) is 0 Å². The van der Waals surface area contributed by atoms with Gasteiger partial charge in [-0.1, -0.05) is 26.5 Å². The SMILES string of the molecule is C=C(C)c1cc2c(cc1N1CCN(C3COC3)CC1)C(C)(C)C1=C(C2=O)c2ccc(C#N)cc2C1. The molecule has 35 heavy (non-hydrogen) atoms. The van der Waals surface area contributed by atoms with E-state index in [-0.39, 0.29) is 11.2 Å². The smallest absolute Gasteiger partial charge is 0.193 e. The molecule has 2 aromatic carbocycles. The minimum atomic E-state index is -0.280. The highest BCUT2D eigenvalue weighted by atomic mass is 16.5. The topological polar surface area (TPSA) is 56.6 Å². The molecular formula is C30H31N3O2. The van der Waals surface area contributed by atoms with Crippen molar-refractivity contribution in [2.45, 2.75) is 38.6 Å². The quantitative estimate of drug-likeness (QED) is 0.663. The number of ether oxygens (including phenoxy) is 1. The third kappa shape index (κ3) is 3.31. The van der Waals surface area contributed by atoms with E-state index in [0.29, 0.717) is 11.6 Å². The van der Waals surface area contributed by atoms with Gasteiger partial charge in [0.1, 0.15) is 0 Å². The summed E-state index contributed by atoms with van der Waals surface area (Å²) in [4.78, 5) is 18.9. The average Bonchev–Trinajstić information content (AvgIpc) is 3.21. The summed E-state index contributed by atoms with van der Waals surface area (Å²) in [6.45, 7) is 16.4. The van der Waals surface area contributed by atoms with Gasteiger partial charge in [-0.15, -0.1) is 0 Å². The van der Waals surface area contributed by atoms with Crippen LogP contribution < -0.4 is 4.90 Å². The van der Waals surface area contributed by atoms with Crippen LogP contribution in [0.5, 0.6) is 0 Å². The zero-order valence-corrected chi connectivity index (χ0v) is 20.8. The zero-order valence-electron chi connectivity index (χ0n) is 20.8.